The van der Waals surface area contributed by atoms with E-state index < -0.39 is 11.6 Å². The second-order valence-corrected chi connectivity index (χ2v) is 3.64. The molecule has 0 amide bonds. The van der Waals surface area contributed by atoms with Crippen LogP contribution in [-0.2, 0) is 9.53 Å². The molecule has 2 heterocycles. The van der Waals surface area contributed by atoms with Crippen molar-refractivity contribution in [2.24, 2.45) is 0 Å². The van der Waals surface area contributed by atoms with Crippen LogP contribution < -0.4 is 4.74 Å². The highest BCUT2D eigenvalue weighted by atomic mass is 16.6. The van der Waals surface area contributed by atoms with Crippen LogP contribution in [0.25, 0.3) is 0 Å². The highest BCUT2D eigenvalue weighted by Crippen LogP contribution is 2.39. The molecule has 0 radical (unpaired) electrons. The van der Waals surface area contributed by atoms with Crippen LogP contribution >= 0.6 is 0 Å². The topological polar surface area (TPSA) is 52.6 Å². The quantitative estimate of drug-likeness (QED) is 0.466. The van der Waals surface area contributed by atoms with Gasteiger partial charge in [-0.15, -0.1) is 0 Å². The molecule has 3 rings (SSSR count). The SMILES string of the molecule is O=C1OCCC12Oc1ccccc1C2=O. The number of benzene rings is 1. The van der Waals surface area contributed by atoms with Gasteiger partial charge in [0.1, 0.15) is 5.75 Å². The number of ether oxygens (including phenoxy) is 2. The van der Waals surface area contributed by atoms with Crippen LogP contribution in [0.1, 0.15) is 16.8 Å². The summed E-state index contributed by atoms with van der Waals surface area (Å²) in [6.07, 6.45) is 0.305. The van der Waals surface area contributed by atoms with Crippen molar-refractivity contribution in [1.82, 2.24) is 0 Å². The lowest BCUT2D eigenvalue weighted by Gasteiger charge is -2.15. The Morgan fingerprint density at radius 3 is 2.67 bits per heavy atom. The van der Waals surface area contributed by atoms with E-state index in [4.69, 9.17) is 9.47 Å². The average Bonchev–Trinajstić information content (AvgIpc) is 2.74. The fourth-order valence-electron chi connectivity index (χ4n) is 2.00. The first-order chi connectivity index (χ1) is 7.24. The summed E-state index contributed by atoms with van der Waals surface area (Å²) in [4.78, 5) is 23.5. The number of ketones is 1. The Morgan fingerprint density at radius 2 is 2.00 bits per heavy atom. The molecule has 4 nitrogen and oxygen atoms in total. The zero-order valence-corrected chi connectivity index (χ0v) is 7.86. The normalized spacial score (nSPS) is 27.7. The molecule has 1 saturated heterocycles. The molecule has 1 unspecified atom stereocenters. The summed E-state index contributed by atoms with van der Waals surface area (Å²) in [7, 11) is 0. The first-order valence-corrected chi connectivity index (χ1v) is 4.74. The molecule has 0 N–H and O–H groups in total. The van der Waals surface area contributed by atoms with Crippen molar-refractivity contribution in [3.8, 4) is 5.75 Å². The van der Waals surface area contributed by atoms with Gasteiger partial charge in [0.2, 0.25) is 5.78 Å². The molecular formula is C11H8O4. The molecule has 15 heavy (non-hydrogen) atoms. The maximum atomic E-state index is 12.0. The zero-order valence-electron chi connectivity index (χ0n) is 7.86. The number of esters is 1. The molecule has 4 heteroatoms. The summed E-state index contributed by atoms with van der Waals surface area (Å²) in [5.41, 5.74) is -0.916. The monoisotopic (exact) mass is 204 g/mol. The number of hydrogen-bond donors (Lipinski definition) is 0. The maximum Gasteiger partial charge on any atom is 0.358 e. The first kappa shape index (κ1) is 8.47. The summed E-state index contributed by atoms with van der Waals surface area (Å²) in [6.45, 7) is 0.249. The Hall–Kier alpha value is -1.84. The van der Waals surface area contributed by atoms with Crippen LogP contribution in [0.4, 0.5) is 0 Å². The highest BCUT2D eigenvalue weighted by Gasteiger charge is 2.58. The summed E-state index contributed by atoms with van der Waals surface area (Å²) < 4.78 is 10.3. The molecular weight excluding hydrogens is 196 g/mol. The van der Waals surface area contributed by atoms with Gasteiger partial charge in [-0.3, -0.25) is 4.79 Å². The number of fused-ring (bicyclic) bond motifs is 1. The minimum atomic E-state index is -1.39. The Morgan fingerprint density at radius 1 is 1.20 bits per heavy atom. The highest BCUT2D eigenvalue weighted by molar-refractivity contribution is 6.19. The van der Waals surface area contributed by atoms with Gasteiger partial charge >= 0.3 is 5.97 Å². The lowest BCUT2D eigenvalue weighted by molar-refractivity contribution is -0.147. The largest absolute Gasteiger partial charge is 0.466 e. The van der Waals surface area contributed by atoms with E-state index in [0.717, 1.165) is 0 Å². The van der Waals surface area contributed by atoms with Crippen molar-refractivity contribution in [3.63, 3.8) is 0 Å². The predicted molar refractivity (Wildman–Crippen MR) is 49.7 cm³/mol. The standard InChI is InChI=1S/C11H8O4/c12-9-7-3-1-2-4-8(7)15-11(9)5-6-14-10(11)13/h1-4H,5-6H2. The zero-order chi connectivity index (χ0) is 10.5. The van der Waals surface area contributed by atoms with E-state index in [1.807, 2.05) is 0 Å². The number of carbonyl (C=O) groups is 2. The fourth-order valence-corrected chi connectivity index (χ4v) is 2.00. The van der Waals surface area contributed by atoms with E-state index in [9.17, 15) is 9.59 Å². The van der Waals surface area contributed by atoms with Crippen LogP contribution in [-0.4, -0.2) is 24.0 Å². The molecule has 0 aromatic heterocycles. The second-order valence-electron chi connectivity index (χ2n) is 3.64. The van der Waals surface area contributed by atoms with E-state index >= 15 is 0 Å². The van der Waals surface area contributed by atoms with Crippen molar-refractivity contribution >= 4 is 11.8 Å². The molecule has 1 fully saturated rings. The van der Waals surface area contributed by atoms with Crippen molar-refractivity contribution in [2.45, 2.75) is 12.0 Å². The van der Waals surface area contributed by atoms with Gasteiger partial charge in [0.15, 0.2) is 0 Å². The van der Waals surface area contributed by atoms with Crippen LogP contribution in [0.3, 0.4) is 0 Å². The summed E-state index contributed by atoms with van der Waals surface area (Å²) >= 11 is 0. The van der Waals surface area contributed by atoms with Crippen molar-refractivity contribution in [2.75, 3.05) is 6.61 Å². The van der Waals surface area contributed by atoms with Crippen LogP contribution in [0, 0.1) is 0 Å². The third kappa shape index (κ3) is 0.909. The van der Waals surface area contributed by atoms with Crippen LogP contribution in [0.2, 0.25) is 0 Å². The molecule has 1 aromatic rings. The number of carbonyl (C=O) groups excluding carboxylic acids is 2. The minimum Gasteiger partial charge on any atom is -0.466 e. The number of para-hydroxylation sites is 1. The smallest absolute Gasteiger partial charge is 0.358 e. The second kappa shape index (κ2) is 2.59. The van der Waals surface area contributed by atoms with Gasteiger partial charge in [0.05, 0.1) is 12.2 Å². The lowest BCUT2D eigenvalue weighted by atomic mass is 9.94. The number of cyclic esters (lactones) is 1. The van der Waals surface area contributed by atoms with E-state index in [1.165, 1.54) is 0 Å². The molecule has 0 aliphatic carbocycles. The van der Waals surface area contributed by atoms with Crippen LogP contribution in [0.15, 0.2) is 24.3 Å². The molecule has 76 valence electrons. The number of rotatable bonds is 0. The molecule has 2 aliphatic heterocycles. The number of Topliss-reactive ketones (excluding diaryl/α,β-unsaturated/α-hetero) is 1. The van der Waals surface area contributed by atoms with E-state index in [1.54, 1.807) is 24.3 Å². The maximum absolute atomic E-state index is 12.0. The fraction of sp³-hybridized carbons (Fsp3) is 0.273. The van der Waals surface area contributed by atoms with Gasteiger partial charge < -0.3 is 9.47 Å². The molecule has 1 aromatic carbocycles. The number of hydrogen-bond acceptors (Lipinski definition) is 4. The van der Waals surface area contributed by atoms with E-state index in [2.05, 4.69) is 0 Å². The Kier molecular flexibility index (Phi) is 1.46. The first-order valence-electron chi connectivity index (χ1n) is 4.74. The van der Waals surface area contributed by atoms with Crippen molar-refractivity contribution in [1.29, 1.82) is 0 Å². The predicted octanol–water partition coefficient (Wildman–Crippen LogP) is 0.947. The molecule has 0 saturated carbocycles. The van der Waals surface area contributed by atoms with E-state index in [0.29, 0.717) is 17.7 Å². The molecule has 0 bridgehead atoms. The van der Waals surface area contributed by atoms with Gasteiger partial charge in [0, 0.05) is 6.42 Å². The Bertz CT molecular complexity index is 465. The summed E-state index contributed by atoms with van der Waals surface area (Å²) in [5.74, 6) is -0.370. The molecule has 1 atom stereocenters. The van der Waals surface area contributed by atoms with Crippen molar-refractivity contribution in [3.05, 3.63) is 29.8 Å². The van der Waals surface area contributed by atoms with Gasteiger partial charge in [-0.05, 0) is 12.1 Å². The van der Waals surface area contributed by atoms with Gasteiger partial charge in [-0.1, -0.05) is 12.1 Å². The van der Waals surface area contributed by atoms with Crippen LogP contribution in [0.5, 0.6) is 5.75 Å². The molecule has 1 spiro atoms. The third-order valence-electron chi connectivity index (χ3n) is 2.80. The van der Waals surface area contributed by atoms with Crippen molar-refractivity contribution < 1.29 is 19.1 Å². The van der Waals surface area contributed by atoms with E-state index in [-0.39, 0.29) is 12.4 Å². The Balaban J connectivity index is 2.14. The molecule has 2 aliphatic rings. The Labute approximate surface area is 85.8 Å². The lowest BCUT2D eigenvalue weighted by Crippen LogP contribution is -2.44. The van der Waals surface area contributed by atoms with Gasteiger partial charge in [-0.2, -0.15) is 0 Å². The van der Waals surface area contributed by atoms with Gasteiger partial charge in [0.25, 0.3) is 5.60 Å². The summed E-state index contributed by atoms with van der Waals surface area (Å²) in [6, 6.07) is 6.87. The van der Waals surface area contributed by atoms with Gasteiger partial charge in [-0.25, -0.2) is 4.79 Å². The summed E-state index contributed by atoms with van der Waals surface area (Å²) in [5, 5.41) is 0. The minimum absolute atomic E-state index is 0.249. The average molecular weight is 204 g/mol. The third-order valence-corrected chi connectivity index (χ3v) is 2.80.